The number of hydrogen-bond donors (Lipinski definition) is 0. The van der Waals surface area contributed by atoms with Gasteiger partial charge in [0.15, 0.2) is 17.4 Å². The molecule has 0 saturated carbocycles. The zero-order chi connectivity index (χ0) is 0. The van der Waals surface area contributed by atoms with Crippen LogP contribution in [0.25, 0.3) is 0 Å². The fourth-order valence-corrected chi connectivity index (χ4v) is 0. The van der Waals surface area contributed by atoms with E-state index < -0.39 is 0 Å². The van der Waals surface area contributed by atoms with E-state index in [4.69, 9.17) is 0 Å². The molecule has 0 aromatic carbocycles. The molecule has 0 aromatic heterocycles. The number of hydrogen-bond acceptors (Lipinski definition) is 0. The van der Waals surface area contributed by atoms with Gasteiger partial charge >= 0.3 is 48.9 Å². The van der Waals surface area contributed by atoms with Gasteiger partial charge in [0, 0.05) is 0 Å². The average Bonchev–Trinajstić information content (AvgIpc) is 0. The van der Waals surface area contributed by atoms with Crippen molar-refractivity contribution in [1.82, 2.24) is 0 Å². The van der Waals surface area contributed by atoms with Crippen molar-refractivity contribution in [2.75, 3.05) is 0 Å². The molecule has 26 valence electrons. The van der Waals surface area contributed by atoms with Gasteiger partial charge in [0.25, 0.3) is 0 Å². The van der Waals surface area contributed by atoms with Gasteiger partial charge in [-0.2, -0.15) is 0 Å². The van der Waals surface area contributed by atoms with E-state index in [1.807, 2.05) is 0 Å². The Morgan fingerprint density at radius 2 is 0.750 bits per heavy atom. The summed E-state index contributed by atoms with van der Waals surface area (Å²) in [6.07, 6.45) is 0. The van der Waals surface area contributed by atoms with Gasteiger partial charge in [-0.3, -0.25) is 9.41 Å². The summed E-state index contributed by atoms with van der Waals surface area (Å²) in [6, 6.07) is 0. The summed E-state index contributed by atoms with van der Waals surface area (Å²) >= 11 is 0. The van der Waals surface area contributed by atoms with Crippen LogP contribution in [-0.4, -0.2) is 66.2 Å². The zero-order valence-electron chi connectivity index (χ0n) is 0.816. The van der Waals surface area contributed by atoms with Crippen LogP contribution in [0, 0.1) is 0 Å². The molecule has 0 aliphatic heterocycles. The Morgan fingerprint density at radius 3 is 0.750 bits per heavy atom. The predicted octanol–water partition coefficient (Wildman–Crippen LogP) is -1.80. The third-order valence-electron chi connectivity index (χ3n) is 0. The number of halogens is 2. The molecule has 0 bridgehead atoms. The van der Waals surface area contributed by atoms with Gasteiger partial charge in [-0.1, -0.05) is 0 Å². The summed E-state index contributed by atoms with van der Waals surface area (Å²) in [7, 11) is 0. The van der Waals surface area contributed by atoms with E-state index in [-0.39, 0.29) is 75.7 Å². The van der Waals surface area contributed by atoms with E-state index in [0.717, 1.165) is 0 Å². The van der Waals surface area contributed by atoms with Crippen LogP contribution >= 0.6 is 0 Å². The molecule has 0 spiro atoms. The van der Waals surface area contributed by atoms with Crippen molar-refractivity contribution in [1.29, 1.82) is 0 Å². The molecule has 0 rings (SSSR count). The van der Waals surface area contributed by atoms with E-state index in [2.05, 4.69) is 0 Å². The Balaban J connectivity index is 0. The molecule has 4 heteroatoms. The van der Waals surface area contributed by atoms with Crippen LogP contribution in [-0.2, 0) is 0 Å². The van der Waals surface area contributed by atoms with Crippen molar-refractivity contribution in [3.8, 4) is 0 Å². The van der Waals surface area contributed by atoms with E-state index in [1.165, 1.54) is 0 Å². The third kappa shape index (κ3) is 9.03. The van der Waals surface area contributed by atoms with Crippen LogP contribution in [0.15, 0.2) is 0 Å². The van der Waals surface area contributed by atoms with E-state index in [0.29, 0.717) is 0 Å². The fourth-order valence-electron chi connectivity index (χ4n) is 0. The van der Waals surface area contributed by atoms with Gasteiger partial charge in [0.1, 0.15) is 0 Å². The molecular formula is H7AlBaF2. The Kier molecular flexibility index (Phi) is 193. The summed E-state index contributed by atoms with van der Waals surface area (Å²) < 4.78 is 0. The first kappa shape index (κ1) is 38.1. The van der Waals surface area contributed by atoms with E-state index >= 15 is 0 Å². The van der Waals surface area contributed by atoms with Gasteiger partial charge in [-0.15, -0.1) is 0 Å². The summed E-state index contributed by atoms with van der Waals surface area (Å²) in [6.45, 7) is 0. The zero-order valence-corrected chi connectivity index (χ0v) is 0.816. The van der Waals surface area contributed by atoms with Gasteiger partial charge in [-0.05, 0) is 0 Å². The molecule has 0 aromatic rings. The Bertz CT molecular complexity index is 6.00. The SMILES string of the molecule is F.F.[AlH3].[BaH2]. The molecule has 0 heterocycles. The fraction of sp³-hybridized carbons (Fsp3) is 0. The predicted molar refractivity (Wildman–Crippen MR) is 23.5 cm³/mol. The van der Waals surface area contributed by atoms with E-state index in [1.54, 1.807) is 0 Å². The number of rotatable bonds is 0. The Labute approximate surface area is 74.3 Å². The van der Waals surface area contributed by atoms with E-state index in [9.17, 15) is 0 Å². The second-order valence-corrected chi connectivity index (χ2v) is 0. The van der Waals surface area contributed by atoms with Crippen LogP contribution in [0.2, 0.25) is 0 Å². The molecule has 0 N–H and O–H groups in total. The molecule has 0 unspecified atom stereocenters. The maximum atomic E-state index is 0. The molecule has 0 fully saturated rings. The standard InChI is InChI=1S/Al.Ba.2FH.5H/h;;2*1H;;;;;. The molecular weight excluding hydrogens is 202 g/mol. The second-order valence-electron chi connectivity index (χ2n) is 0. The minimum absolute atomic E-state index is 0. The van der Waals surface area contributed by atoms with Crippen molar-refractivity contribution in [3.63, 3.8) is 0 Å². The summed E-state index contributed by atoms with van der Waals surface area (Å²) in [5.41, 5.74) is 0. The summed E-state index contributed by atoms with van der Waals surface area (Å²) in [5, 5.41) is 0. The maximum absolute atomic E-state index is 0. The Morgan fingerprint density at radius 1 is 0.750 bits per heavy atom. The third-order valence-corrected chi connectivity index (χ3v) is 0. The first-order valence-electron chi connectivity index (χ1n) is 0. The molecule has 0 aliphatic rings. The van der Waals surface area contributed by atoms with Crippen molar-refractivity contribution in [2.45, 2.75) is 0 Å². The van der Waals surface area contributed by atoms with Crippen LogP contribution in [0.1, 0.15) is 0 Å². The quantitative estimate of drug-likeness (QED) is 0.413. The van der Waals surface area contributed by atoms with Crippen molar-refractivity contribution in [2.24, 2.45) is 0 Å². The molecule has 0 nitrogen and oxygen atoms in total. The van der Waals surface area contributed by atoms with Crippen LogP contribution < -0.4 is 0 Å². The normalized spacial score (nSPS) is 0. The average molecular weight is 209 g/mol. The van der Waals surface area contributed by atoms with Gasteiger partial charge in [-0.25, -0.2) is 0 Å². The molecule has 0 aliphatic carbocycles. The molecule has 4 heavy (non-hydrogen) atoms. The first-order chi connectivity index (χ1) is 0. The molecule has 0 atom stereocenters. The monoisotopic (exact) mass is 210 g/mol. The van der Waals surface area contributed by atoms with Gasteiger partial charge in [0.2, 0.25) is 0 Å². The summed E-state index contributed by atoms with van der Waals surface area (Å²) in [5.74, 6) is 0. The molecule has 0 radical (unpaired) electrons. The Hall–Kier alpha value is 1.96. The van der Waals surface area contributed by atoms with Crippen LogP contribution in [0.4, 0.5) is 9.41 Å². The summed E-state index contributed by atoms with van der Waals surface area (Å²) in [4.78, 5) is 0. The van der Waals surface area contributed by atoms with Crippen molar-refractivity contribution >= 4 is 66.2 Å². The van der Waals surface area contributed by atoms with Crippen molar-refractivity contribution in [3.05, 3.63) is 0 Å². The van der Waals surface area contributed by atoms with Crippen LogP contribution in [0.5, 0.6) is 0 Å². The topological polar surface area (TPSA) is 0 Å². The van der Waals surface area contributed by atoms with Crippen molar-refractivity contribution < 1.29 is 9.41 Å². The van der Waals surface area contributed by atoms with Crippen LogP contribution in [0.3, 0.4) is 0 Å². The second kappa shape index (κ2) is 20.2. The van der Waals surface area contributed by atoms with Gasteiger partial charge in [0.05, 0.1) is 0 Å². The van der Waals surface area contributed by atoms with Gasteiger partial charge < -0.3 is 0 Å². The molecule has 0 amide bonds. The first-order valence-corrected chi connectivity index (χ1v) is 0. The molecule has 0 saturated heterocycles. The minimum atomic E-state index is 0.